The minimum atomic E-state index is -3.01. The zero-order valence-electron chi connectivity index (χ0n) is 19.3. The Morgan fingerprint density at radius 2 is 2.00 bits per heavy atom. The number of ether oxygens (including phenoxy) is 2. The second-order valence-electron chi connectivity index (χ2n) is 8.93. The Kier molecular flexibility index (Phi) is 6.14. The van der Waals surface area contributed by atoms with E-state index >= 15 is 0 Å². The quantitative estimate of drug-likeness (QED) is 0.510. The lowest BCUT2D eigenvalue weighted by Gasteiger charge is -2.24. The minimum Gasteiger partial charge on any atom is -0.487 e. The molecule has 1 aliphatic heterocycles. The van der Waals surface area contributed by atoms with Crippen LogP contribution < -0.4 is 9.47 Å². The van der Waals surface area contributed by atoms with Crippen LogP contribution in [0.2, 0.25) is 0 Å². The van der Waals surface area contributed by atoms with Crippen molar-refractivity contribution in [1.29, 1.82) is 0 Å². The normalized spacial score (nSPS) is 18.9. The van der Waals surface area contributed by atoms with Crippen molar-refractivity contribution in [3.05, 3.63) is 47.5 Å². The topological polar surface area (TPSA) is 97.9 Å². The lowest BCUT2D eigenvalue weighted by Crippen LogP contribution is -2.30. The lowest BCUT2D eigenvalue weighted by molar-refractivity contribution is -0.129. The highest BCUT2D eigenvalue weighted by Crippen LogP contribution is 2.49. The number of carbonyl (C=O) groups is 1. The van der Waals surface area contributed by atoms with Gasteiger partial charge in [-0.05, 0) is 55.5 Å². The van der Waals surface area contributed by atoms with Crippen molar-refractivity contribution in [2.24, 2.45) is 5.92 Å². The van der Waals surface area contributed by atoms with Crippen molar-refractivity contribution in [3.8, 4) is 34.3 Å². The SMILES string of the molecule is CC(C)Oc1ccc(-c2nc(-c3cccc4c3C[C@@H]3CC(=O)N(CCO)[C@H]43)no2)cc1OC(F)F. The molecule has 2 aromatic carbocycles. The third kappa shape index (κ3) is 4.34. The van der Waals surface area contributed by atoms with Crippen molar-refractivity contribution in [3.63, 3.8) is 0 Å². The number of halogens is 2. The number of aromatic nitrogens is 2. The fourth-order valence-electron chi connectivity index (χ4n) is 5.05. The first-order valence-electron chi connectivity index (χ1n) is 11.5. The van der Waals surface area contributed by atoms with Gasteiger partial charge >= 0.3 is 6.61 Å². The van der Waals surface area contributed by atoms with Crippen LogP contribution in [-0.4, -0.2) is 51.9 Å². The van der Waals surface area contributed by atoms with Crippen LogP contribution in [0.3, 0.4) is 0 Å². The second-order valence-corrected chi connectivity index (χ2v) is 8.93. The molecule has 0 saturated carbocycles. The summed E-state index contributed by atoms with van der Waals surface area (Å²) in [6.07, 6.45) is 0.911. The fraction of sp³-hybridized carbons (Fsp3) is 0.400. The minimum absolute atomic E-state index is 0.0543. The predicted octanol–water partition coefficient (Wildman–Crippen LogP) is 4.23. The van der Waals surface area contributed by atoms with E-state index in [0.29, 0.717) is 30.8 Å². The van der Waals surface area contributed by atoms with E-state index in [-0.39, 0.29) is 48.0 Å². The number of hydrogen-bond acceptors (Lipinski definition) is 7. The first-order chi connectivity index (χ1) is 16.9. The van der Waals surface area contributed by atoms with Crippen molar-refractivity contribution in [1.82, 2.24) is 15.0 Å². The summed E-state index contributed by atoms with van der Waals surface area (Å²) in [5.74, 6) is 0.794. The van der Waals surface area contributed by atoms with Gasteiger partial charge in [0.2, 0.25) is 11.7 Å². The highest BCUT2D eigenvalue weighted by Gasteiger charge is 2.46. The Balaban J connectivity index is 1.47. The Morgan fingerprint density at radius 1 is 1.17 bits per heavy atom. The van der Waals surface area contributed by atoms with Crippen LogP contribution in [-0.2, 0) is 11.2 Å². The summed E-state index contributed by atoms with van der Waals surface area (Å²) in [6.45, 7) is 0.777. The Bertz CT molecular complexity index is 1250. The van der Waals surface area contributed by atoms with E-state index in [1.807, 2.05) is 18.2 Å². The predicted molar refractivity (Wildman–Crippen MR) is 121 cm³/mol. The molecule has 0 bridgehead atoms. The van der Waals surface area contributed by atoms with E-state index in [4.69, 9.17) is 9.26 Å². The highest BCUT2D eigenvalue weighted by molar-refractivity contribution is 5.81. The maximum Gasteiger partial charge on any atom is 0.387 e. The second kappa shape index (κ2) is 9.26. The van der Waals surface area contributed by atoms with Crippen LogP contribution in [0.5, 0.6) is 11.5 Å². The molecule has 2 aliphatic rings. The first-order valence-corrected chi connectivity index (χ1v) is 11.5. The zero-order chi connectivity index (χ0) is 24.7. The van der Waals surface area contributed by atoms with Gasteiger partial charge in [0.05, 0.1) is 18.8 Å². The number of aliphatic hydroxyl groups excluding tert-OH is 1. The van der Waals surface area contributed by atoms with Gasteiger partial charge in [-0.1, -0.05) is 23.4 Å². The molecule has 8 nitrogen and oxygen atoms in total. The van der Waals surface area contributed by atoms with E-state index in [1.54, 1.807) is 24.8 Å². The molecule has 1 fully saturated rings. The molecular formula is C25H25F2N3O5. The van der Waals surface area contributed by atoms with Gasteiger partial charge in [-0.15, -0.1) is 0 Å². The summed E-state index contributed by atoms with van der Waals surface area (Å²) in [5.41, 5.74) is 3.29. The van der Waals surface area contributed by atoms with Crippen molar-refractivity contribution in [2.45, 2.75) is 45.4 Å². The van der Waals surface area contributed by atoms with Crippen molar-refractivity contribution < 1.29 is 32.7 Å². The van der Waals surface area contributed by atoms with Crippen LogP contribution in [0.4, 0.5) is 8.78 Å². The summed E-state index contributed by atoms with van der Waals surface area (Å²) < 4.78 is 41.6. The van der Waals surface area contributed by atoms with Crippen LogP contribution in [0, 0.1) is 5.92 Å². The molecule has 1 saturated heterocycles. The van der Waals surface area contributed by atoms with Gasteiger partial charge < -0.3 is 24.0 Å². The molecule has 35 heavy (non-hydrogen) atoms. The molecule has 1 aromatic heterocycles. The third-order valence-corrected chi connectivity index (χ3v) is 6.31. The van der Waals surface area contributed by atoms with Gasteiger partial charge in [-0.2, -0.15) is 13.8 Å². The molecule has 10 heteroatoms. The van der Waals surface area contributed by atoms with Crippen LogP contribution in [0.25, 0.3) is 22.8 Å². The number of rotatable bonds is 8. The van der Waals surface area contributed by atoms with Gasteiger partial charge in [0, 0.05) is 24.1 Å². The lowest BCUT2D eigenvalue weighted by atomic mass is 10.0. The molecule has 1 N–H and O–H groups in total. The number of alkyl halides is 2. The summed E-state index contributed by atoms with van der Waals surface area (Å²) in [7, 11) is 0. The molecule has 5 rings (SSSR count). The van der Waals surface area contributed by atoms with Crippen molar-refractivity contribution >= 4 is 5.91 Å². The monoisotopic (exact) mass is 485 g/mol. The van der Waals surface area contributed by atoms with Crippen LogP contribution >= 0.6 is 0 Å². The number of carbonyl (C=O) groups excluding carboxylic acids is 1. The third-order valence-electron chi connectivity index (χ3n) is 6.31. The Labute approximate surface area is 200 Å². The standard InChI is InChI=1S/C25H25F2N3O5/c1-13(2)33-19-7-6-14(11-20(19)34-25(26)27)24-28-23(29-35-24)17-5-3-4-16-18(17)10-15-12-21(32)30(8-9-31)22(15)16/h3-7,11,13,15,22,25,31H,8-10,12H2,1-2H3/t15-,22+/m1/s1. The number of β-amino-alcohol motifs (C(OH)–C–C–N with tert-alkyl or cyclic N) is 1. The highest BCUT2D eigenvalue weighted by atomic mass is 19.3. The van der Waals surface area contributed by atoms with E-state index < -0.39 is 6.61 Å². The average molecular weight is 485 g/mol. The molecule has 2 heterocycles. The number of nitrogens with zero attached hydrogens (tertiary/aromatic N) is 3. The molecular weight excluding hydrogens is 460 g/mol. The summed E-state index contributed by atoms with van der Waals surface area (Å²) in [4.78, 5) is 18.7. The fourth-order valence-corrected chi connectivity index (χ4v) is 5.05. The van der Waals surface area contributed by atoms with E-state index in [9.17, 15) is 18.7 Å². The summed E-state index contributed by atoms with van der Waals surface area (Å²) in [6, 6.07) is 10.3. The van der Waals surface area contributed by atoms with Crippen LogP contribution in [0.15, 0.2) is 40.9 Å². The maximum atomic E-state index is 13.0. The largest absolute Gasteiger partial charge is 0.487 e. The molecule has 1 amide bonds. The average Bonchev–Trinajstić information content (AvgIpc) is 3.49. The summed E-state index contributed by atoms with van der Waals surface area (Å²) in [5, 5.41) is 13.5. The molecule has 0 unspecified atom stereocenters. The number of fused-ring (bicyclic) bond motifs is 3. The van der Waals surface area contributed by atoms with Gasteiger partial charge in [0.1, 0.15) is 0 Å². The molecule has 3 aromatic rings. The smallest absolute Gasteiger partial charge is 0.387 e. The van der Waals surface area contributed by atoms with Crippen LogP contribution in [0.1, 0.15) is 37.4 Å². The number of hydrogen-bond donors (Lipinski definition) is 1. The van der Waals surface area contributed by atoms with E-state index in [1.165, 1.54) is 12.1 Å². The van der Waals surface area contributed by atoms with Crippen molar-refractivity contribution in [2.75, 3.05) is 13.2 Å². The Hall–Kier alpha value is -3.53. The molecule has 184 valence electrons. The molecule has 1 aliphatic carbocycles. The number of aliphatic hydroxyl groups is 1. The number of likely N-dealkylation sites (tertiary alicyclic amines) is 1. The zero-order valence-corrected chi connectivity index (χ0v) is 19.3. The van der Waals surface area contributed by atoms with E-state index in [2.05, 4.69) is 14.9 Å². The maximum absolute atomic E-state index is 13.0. The summed E-state index contributed by atoms with van der Waals surface area (Å²) >= 11 is 0. The van der Waals surface area contributed by atoms with Gasteiger partial charge in [0.15, 0.2) is 11.5 Å². The van der Waals surface area contributed by atoms with Gasteiger partial charge in [-0.3, -0.25) is 4.79 Å². The molecule has 0 spiro atoms. The van der Waals surface area contributed by atoms with Gasteiger partial charge in [0.25, 0.3) is 5.89 Å². The molecule has 0 radical (unpaired) electrons. The van der Waals surface area contributed by atoms with E-state index in [0.717, 1.165) is 16.7 Å². The molecule has 2 atom stereocenters. The number of amides is 1. The first kappa shape index (κ1) is 23.2. The Morgan fingerprint density at radius 3 is 2.74 bits per heavy atom. The van der Waals surface area contributed by atoms with Gasteiger partial charge in [-0.25, -0.2) is 0 Å². The number of benzene rings is 2.